The summed E-state index contributed by atoms with van der Waals surface area (Å²) in [6, 6.07) is 12.4. The zero-order valence-electron chi connectivity index (χ0n) is 10.6. The number of carboxylic acids is 1. The van der Waals surface area contributed by atoms with Gasteiger partial charge in [0.2, 0.25) is 0 Å². The van der Waals surface area contributed by atoms with E-state index in [-0.39, 0.29) is 12.1 Å². The van der Waals surface area contributed by atoms with Crippen molar-refractivity contribution in [3.8, 4) is 0 Å². The van der Waals surface area contributed by atoms with E-state index in [9.17, 15) is 14.7 Å². The zero-order valence-corrected chi connectivity index (χ0v) is 10.6. The van der Waals surface area contributed by atoms with Crippen LogP contribution >= 0.6 is 0 Å². The number of carbonyl (C=O) groups is 1. The first-order valence-electron chi connectivity index (χ1n) is 6.03. The molecule has 1 unspecified atom stereocenters. The van der Waals surface area contributed by atoms with Gasteiger partial charge >= 0.3 is 5.97 Å². The van der Waals surface area contributed by atoms with Gasteiger partial charge in [0.05, 0.1) is 5.92 Å². The van der Waals surface area contributed by atoms with E-state index in [2.05, 4.69) is 0 Å². The molecule has 0 fully saturated rings. The fourth-order valence-electron chi connectivity index (χ4n) is 2.01. The first-order valence-corrected chi connectivity index (χ1v) is 6.03. The third kappa shape index (κ3) is 2.91. The van der Waals surface area contributed by atoms with Crippen LogP contribution < -0.4 is 5.56 Å². The van der Waals surface area contributed by atoms with Gasteiger partial charge in [0.15, 0.2) is 0 Å². The summed E-state index contributed by atoms with van der Waals surface area (Å²) in [4.78, 5) is 23.3. The number of rotatable bonds is 4. The van der Waals surface area contributed by atoms with Crippen LogP contribution in [0.1, 0.15) is 17.0 Å². The van der Waals surface area contributed by atoms with E-state index in [0.717, 1.165) is 0 Å². The molecule has 0 aliphatic rings. The Morgan fingerprint density at radius 3 is 2.53 bits per heavy atom. The minimum Gasteiger partial charge on any atom is -0.481 e. The highest BCUT2D eigenvalue weighted by atomic mass is 16.4. The number of pyridine rings is 1. The monoisotopic (exact) mass is 257 g/mol. The van der Waals surface area contributed by atoms with E-state index in [0.29, 0.717) is 11.1 Å². The molecular formula is C15H15NO3. The Hall–Kier alpha value is -2.36. The number of aromatic nitrogens is 1. The lowest BCUT2D eigenvalue weighted by atomic mass is 9.99. The summed E-state index contributed by atoms with van der Waals surface area (Å²) >= 11 is 0. The number of benzene rings is 1. The Balaban J connectivity index is 2.35. The molecule has 0 saturated heterocycles. The van der Waals surface area contributed by atoms with Crippen molar-refractivity contribution in [1.29, 1.82) is 0 Å². The van der Waals surface area contributed by atoms with Crippen LogP contribution in [0.25, 0.3) is 0 Å². The minimum absolute atomic E-state index is 0.139. The third-order valence-corrected chi connectivity index (χ3v) is 3.09. The van der Waals surface area contributed by atoms with E-state index in [4.69, 9.17) is 0 Å². The van der Waals surface area contributed by atoms with Gasteiger partial charge < -0.3 is 9.67 Å². The summed E-state index contributed by atoms with van der Waals surface area (Å²) in [6.45, 7) is 1.86. The van der Waals surface area contributed by atoms with Crippen LogP contribution in [-0.2, 0) is 11.3 Å². The third-order valence-electron chi connectivity index (χ3n) is 3.09. The molecule has 4 heteroatoms. The molecule has 0 bridgehead atoms. The summed E-state index contributed by atoms with van der Waals surface area (Å²) in [5, 5.41) is 9.33. The minimum atomic E-state index is -0.931. The lowest BCUT2D eigenvalue weighted by Crippen LogP contribution is -2.27. The first kappa shape index (κ1) is 13.1. The van der Waals surface area contributed by atoms with Crippen molar-refractivity contribution in [3.63, 3.8) is 0 Å². The number of carboxylic acid groups (broad SMARTS) is 1. The Kier molecular flexibility index (Phi) is 3.80. The molecule has 0 aliphatic heterocycles. The molecule has 1 aromatic carbocycles. The van der Waals surface area contributed by atoms with Gasteiger partial charge in [-0.25, -0.2) is 0 Å². The molecule has 2 aromatic rings. The summed E-state index contributed by atoms with van der Waals surface area (Å²) in [5.41, 5.74) is 1.16. The molecule has 1 heterocycles. The van der Waals surface area contributed by atoms with E-state index < -0.39 is 11.9 Å². The normalized spacial score (nSPS) is 12.1. The van der Waals surface area contributed by atoms with Crippen molar-refractivity contribution in [2.45, 2.75) is 19.4 Å². The number of nitrogens with zero attached hydrogens (tertiary/aromatic N) is 1. The SMILES string of the molecule is Cc1cccn(CC(C(=O)O)c2ccccc2)c1=O. The van der Waals surface area contributed by atoms with Crippen LogP contribution in [0.3, 0.4) is 0 Å². The van der Waals surface area contributed by atoms with Crippen molar-refractivity contribution in [2.24, 2.45) is 0 Å². The van der Waals surface area contributed by atoms with Crippen molar-refractivity contribution in [3.05, 3.63) is 70.1 Å². The second kappa shape index (κ2) is 5.52. The van der Waals surface area contributed by atoms with Gasteiger partial charge in [-0.15, -0.1) is 0 Å². The molecule has 0 radical (unpaired) electrons. The lowest BCUT2D eigenvalue weighted by molar-refractivity contribution is -0.139. The highest BCUT2D eigenvalue weighted by Gasteiger charge is 2.20. The second-order valence-corrected chi connectivity index (χ2v) is 4.45. The number of aryl methyl sites for hydroxylation is 1. The van der Waals surface area contributed by atoms with Gasteiger partial charge in [0, 0.05) is 18.3 Å². The average molecular weight is 257 g/mol. The Labute approximate surface area is 110 Å². The summed E-state index contributed by atoms with van der Waals surface area (Å²) < 4.78 is 1.45. The molecule has 0 saturated carbocycles. The van der Waals surface area contributed by atoms with E-state index in [1.165, 1.54) is 4.57 Å². The molecule has 0 amide bonds. The standard InChI is InChI=1S/C15H15NO3/c1-11-6-5-9-16(14(11)17)10-13(15(18)19)12-7-3-2-4-8-12/h2-9,13H,10H2,1H3,(H,18,19). The summed E-state index contributed by atoms with van der Waals surface area (Å²) in [6.07, 6.45) is 1.62. The maximum absolute atomic E-state index is 11.9. The molecule has 19 heavy (non-hydrogen) atoms. The predicted molar refractivity (Wildman–Crippen MR) is 72.3 cm³/mol. The number of hydrogen-bond acceptors (Lipinski definition) is 2. The smallest absolute Gasteiger partial charge is 0.312 e. The van der Waals surface area contributed by atoms with Gasteiger partial charge in [-0.1, -0.05) is 36.4 Å². The maximum Gasteiger partial charge on any atom is 0.312 e. The van der Waals surface area contributed by atoms with Gasteiger partial charge in [-0.2, -0.15) is 0 Å². The Bertz CT molecular complexity index is 631. The van der Waals surface area contributed by atoms with Crippen LogP contribution in [0.15, 0.2) is 53.5 Å². The second-order valence-electron chi connectivity index (χ2n) is 4.45. The van der Waals surface area contributed by atoms with E-state index in [1.807, 2.05) is 6.07 Å². The largest absolute Gasteiger partial charge is 0.481 e. The number of hydrogen-bond donors (Lipinski definition) is 1. The average Bonchev–Trinajstić information content (AvgIpc) is 2.41. The predicted octanol–water partition coefficient (Wildman–Crippen LogP) is 2.03. The Morgan fingerprint density at radius 1 is 1.21 bits per heavy atom. The molecule has 2 rings (SSSR count). The molecule has 1 N–H and O–H groups in total. The summed E-state index contributed by atoms with van der Waals surface area (Å²) in [7, 11) is 0. The first-order chi connectivity index (χ1) is 9.09. The Morgan fingerprint density at radius 2 is 1.89 bits per heavy atom. The topological polar surface area (TPSA) is 59.3 Å². The van der Waals surface area contributed by atoms with Gasteiger partial charge in [0.1, 0.15) is 0 Å². The van der Waals surface area contributed by atoms with Crippen LogP contribution in [0.4, 0.5) is 0 Å². The molecule has 1 aromatic heterocycles. The number of aliphatic carboxylic acids is 1. The van der Waals surface area contributed by atoms with Crippen molar-refractivity contribution in [2.75, 3.05) is 0 Å². The van der Waals surface area contributed by atoms with Crippen LogP contribution in [-0.4, -0.2) is 15.6 Å². The van der Waals surface area contributed by atoms with Crippen molar-refractivity contribution >= 4 is 5.97 Å². The molecule has 0 spiro atoms. The fraction of sp³-hybridized carbons (Fsp3) is 0.200. The molecule has 4 nitrogen and oxygen atoms in total. The van der Waals surface area contributed by atoms with E-state index in [1.54, 1.807) is 49.5 Å². The maximum atomic E-state index is 11.9. The summed E-state index contributed by atoms with van der Waals surface area (Å²) in [5.74, 6) is -1.65. The van der Waals surface area contributed by atoms with E-state index >= 15 is 0 Å². The quantitative estimate of drug-likeness (QED) is 0.911. The highest BCUT2D eigenvalue weighted by Crippen LogP contribution is 2.17. The molecular weight excluding hydrogens is 242 g/mol. The fourth-order valence-corrected chi connectivity index (χ4v) is 2.01. The van der Waals surface area contributed by atoms with Crippen LogP contribution in [0.2, 0.25) is 0 Å². The molecule has 0 aliphatic carbocycles. The molecule has 98 valence electrons. The van der Waals surface area contributed by atoms with Crippen LogP contribution in [0, 0.1) is 6.92 Å². The van der Waals surface area contributed by atoms with Gasteiger partial charge in [-0.3, -0.25) is 9.59 Å². The van der Waals surface area contributed by atoms with Gasteiger partial charge in [-0.05, 0) is 18.6 Å². The van der Waals surface area contributed by atoms with Gasteiger partial charge in [0.25, 0.3) is 5.56 Å². The van der Waals surface area contributed by atoms with Crippen LogP contribution in [0.5, 0.6) is 0 Å². The zero-order chi connectivity index (χ0) is 13.8. The highest BCUT2D eigenvalue weighted by molar-refractivity contribution is 5.75. The lowest BCUT2D eigenvalue weighted by Gasteiger charge is -2.14. The van der Waals surface area contributed by atoms with Crippen molar-refractivity contribution in [1.82, 2.24) is 4.57 Å². The molecule has 1 atom stereocenters. The van der Waals surface area contributed by atoms with Crippen molar-refractivity contribution < 1.29 is 9.90 Å².